The summed E-state index contributed by atoms with van der Waals surface area (Å²) >= 11 is 0. The van der Waals surface area contributed by atoms with E-state index in [4.69, 9.17) is 9.84 Å². The normalized spacial score (nSPS) is 13.9. The third-order valence-electron chi connectivity index (χ3n) is 4.14. The molecular weight excluding hydrogens is 353 g/mol. The Morgan fingerprint density at radius 2 is 2.00 bits per heavy atom. The van der Waals surface area contributed by atoms with E-state index in [1.165, 1.54) is 11.5 Å². The molecule has 2 N–H and O–H groups in total. The molecule has 0 spiro atoms. The van der Waals surface area contributed by atoms with Crippen LogP contribution in [0.4, 0.5) is 18.9 Å². The first-order chi connectivity index (χ1) is 12.4. The first kappa shape index (κ1) is 18.2. The number of nitrogens with one attached hydrogen (secondary N) is 1. The van der Waals surface area contributed by atoms with Crippen molar-refractivity contribution in [2.24, 2.45) is 0 Å². The van der Waals surface area contributed by atoms with E-state index in [1.54, 1.807) is 0 Å². The van der Waals surface area contributed by atoms with Crippen molar-refractivity contribution in [1.82, 2.24) is 4.57 Å². The van der Waals surface area contributed by atoms with E-state index in [-0.39, 0.29) is 19.2 Å². The van der Waals surface area contributed by atoms with Crippen LogP contribution in [0.1, 0.15) is 36.2 Å². The molecule has 1 aromatic carbocycles. The maximum absolute atomic E-state index is 14.9. The van der Waals surface area contributed by atoms with Gasteiger partial charge >= 0.3 is 5.97 Å². The zero-order chi connectivity index (χ0) is 19.0. The highest BCUT2D eigenvalue weighted by molar-refractivity contribution is 5.95. The van der Waals surface area contributed by atoms with Gasteiger partial charge in [-0.2, -0.15) is 0 Å². The van der Waals surface area contributed by atoms with Crippen LogP contribution in [0.5, 0.6) is 0 Å². The summed E-state index contributed by atoms with van der Waals surface area (Å²) in [6, 6.07) is -0.226. The smallest absolute Gasteiger partial charge is 0.343 e. The molecule has 0 bridgehead atoms. The Balaban J connectivity index is 2.37. The number of ether oxygens (including phenoxy) is 1. The van der Waals surface area contributed by atoms with Crippen LogP contribution in [-0.2, 0) is 4.74 Å². The van der Waals surface area contributed by atoms with Gasteiger partial charge in [-0.25, -0.2) is 18.0 Å². The number of aliphatic hydroxyl groups excluding tert-OH is 1. The summed E-state index contributed by atoms with van der Waals surface area (Å²) in [6.07, 6.45) is 2.44. The minimum absolute atomic E-state index is 0.00500. The zero-order valence-corrected chi connectivity index (χ0v) is 13.9. The molecule has 26 heavy (non-hydrogen) atoms. The second kappa shape index (κ2) is 6.99. The fourth-order valence-corrected chi connectivity index (χ4v) is 2.83. The number of pyridine rings is 1. The molecule has 1 fully saturated rings. The van der Waals surface area contributed by atoms with Crippen LogP contribution >= 0.6 is 0 Å². The number of halogens is 3. The molecule has 1 aromatic heterocycles. The largest absolute Gasteiger partial charge is 0.462 e. The van der Waals surface area contributed by atoms with E-state index in [0.717, 1.165) is 6.20 Å². The fraction of sp³-hybridized carbons (Fsp3) is 0.412. The van der Waals surface area contributed by atoms with Crippen molar-refractivity contribution in [3.63, 3.8) is 0 Å². The second-order valence-corrected chi connectivity index (χ2v) is 5.92. The van der Waals surface area contributed by atoms with Gasteiger partial charge in [0.25, 0.3) is 0 Å². The monoisotopic (exact) mass is 370 g/mol. The van der Waals surface area contributed by atoms with E-state index < -0.39 is 57.6 Å². The number of aliphatic hydroxyl groups is 1. The Hall–Kier alpha value is -2.55. The number of aromatic nitrogens is 1. The average molecular weight is 370 g/mol. The SMILES string of the molecule is CCOC(=O)c1cn(C2CC2)c2c(F)c(NCCO)c(F)c(F)c2c1=O. The fourth-order valence-electron chi connectivity index (χ4n) is 2.83. The number of rotatable bonds is 6. The minimum Gasteiger partial charge on any atom is -0.462 e. The first-order valence-corrected chi connectivity index (χ1v) is 8.19. The van der Waals surface area contributed by atoms with Crippen LogP contribution in [0.15, 0.2) is 11.0 Å². The van der Waals surface area contributed by atoms with E-state index in [1.807, 2.05) is 0 Å². The number of anilines is 1. The van der Waals surface area contributed by atoms with Gasteiger partial charge in [0, 0.05) is 18.8 Å². The summed E-state index contributed by atoms with van der Waals surface area (Å²) in [5.41, 5.74) is -2.77. The van der Waals surface area contributed by atoms with Gasteiger partial charge in [-0.3, -0.25) is 4.79 Å². The molecule has 3 rings (SSSR count). The molecule has 1 aliphatic carbocycles. The van der Waals surface area contributed by atoms with E-state index in [2.05, 4.69) is 5.32 Å². The van der Waals surface area contributed by atoms with Crippen molar-refractivity contribution < 1.29 is 27.8 Å². The van der Waals surface area contributed by atoms with Crippen LogP contribution in [0.2, 0.25) is 0 Å². The number of hydrogen-bond acceptors (Lipinski definition) is 5. The lowest BCUT2D eigenvalue weighted by Gasteiger charge is -2.17. The van der Waals surface area contributed by atoms with Gasteiger partial charge in [0.1, 0.15) is 11.3 Å². The topological polar surface area (TPSA) is 80.6 Å². The van der Waals surface area contributed by atoms with E-state index >= 15 is 0 Å². The highest BCUT2D eigenvalue weighted by Gasteiger charge is 2.32. The average Bonchev–Trinajstić information content (AvgIpc) is 3.44. The lowest BCUT2D eigenvalue weighted by molar-refractivity contribution is 0.0524. The lowest BCUT2D eigenvalue weighted by Crippen LogP contribution is -2.23. The summed E-state index contributed by atoms with van der Waals surface area (Å²) in [6.45, 7) is 0.912. The summed E-state index contributed by atoms with van der Waals surface area (Å²) in [7, 11) is 0. The Morgan fingerprint density at radius 3 is 2.58 bits per heavy atom. The Kier molecular flexibility index (Phi) is 4.90. The lowest BCUT2D eigenvalue weighted by atomic mass is 10.1. The number of fused-ring (bicyclic) bond motifs is 1. The number of esters is 1. The standard InChI is InChI=1S/C17H17F3N2O4/c1-2-26-17(25)9-7-22(8-3-4-8)15-10(16(9)24)11(18)12(19)14(13(15)20)21-5-6-23/h7-8,21,23H,2-6H2,1H3. The quantitative estimate of drug-likeness (QED) is 0.603. The number of hydrogen-bond donors (Lipinski definition) is 2. The van der Waals surface area contributed by atoms with Gasteiger partial charge in [0.2, 0.25) is 5.43 Å². The molecule has 0 saturated heterocycles. The molecule has 9 heteroatoms. The summed E-state index contributed by atoms with van der Waals surface area (Å²) in [5, 5.41) is 10.3. The van der Waals surface area contributed by atoms with Crippen LogP contribution in [-0.4, -0.2) is 35.4 Å². The first-order valence-electron chi connectivity index (χ1n) is 8.19. The molecule has 0 atom stereocenters. The van der Waals surface area contributed by atoms with Crippen molar-refractivity contribution in [2.45, 2.75) is 25.8 Å². The zero-order valence-electron chi connectivity index (χ0n) is 13.9. The molecule has 1 aliphatic rings. The van der Waals surface area contributed by atoms with Crippen molar-refractivity contribution in [3.8, 4) is 0 Å². The Labute approximate surface area is 146 Å². The van der Waals surface area contributed by atoms with Gasteiger partial charge < -0.3 is 19.7 Å². The second-order valence-electron chi connectivity index (χ2n) is 5.92. The predicted octanol–water partition coefficient (Wildman–Crippen LogP) is 2.33. The molecule has 0 radical (unpaired) electrons. The number of nitrogens with zero attached hydrogens (tertiary/aromatic N) is 1. The van der Waals surface area contributed by atoms with Gasteiger partial charge in [0.15, 0.2) is 17.5 Å². The summed E-state index contributed by atoms with van der Waals surface area (Å²) in [4.78, 5) is 24.6. The van der Waals surface area contributed by atoms with Gasteiger partial charge in [0.05, 0.1) is 24.1 Å². The van der Waals surface area contributed by atoms with Gasteiger partial charge in [-0.05, 0) is 19.8 Å². The maximum atomic E-state index is 14.9. The van der Waals surface area contributed by atoms with Crippen LogP contribution in [0.25, 0.3) is 10.9 Å². The van der Waals surface area contributed by atoms with Crippen LogP contribution in [0, 0.1) is 17.5 Å². The molecule has 2 aromatic rings. The number of benzene rings is 1. The van der Waals surface area contributed by atoms with Gasteiger partial charge in [-0.15, -0.1) is 0 Å². The summed E-state index contributed by atoms with van der Waals surface area (Å²) in [5.74, 6) is -5.25. The van der Waals surface area contributed by atoms with Gasteiger partial charge in [-0.1, -0.05) is 0 Å². The molecular formula is C17H17F3N2O4. The van der Waals surface area contributed by atoms with Crippen LogP contribution in [0.3, 0.4) is 0 Å². The predicted molar refractivity (Wildman–Crippen MR) is 87.9 cm³/mol. The molecule has 0 aliphatic heterocycles. The summed E-state index contributed by atoms with van der Waals surface area (Å²) < 4.78 is 49.9. The van der Waals surface area contributed by atoms with Crippen molar-refractivity contribution in [2.75, 3.05) is 25.1 Å². The van der Waals surface area contributed by atoms with E-state index in [0.29, 0.717) is 12.8 Å². The third-order valence-corrected chi connectivity index (χ3v) is 4.14. The molecule has 1 heterocycles. The maximum Gasteiger partial charge on any atom is 0.343 e. The van der Waals surface area contributed by atoms with Crippen molar-refractivity contribution in [3.05, 3.63) is 39.4 Å². The highest BCUT2D eigenvalue weighted by atomic mass is 19.2. The Morgan fingerprint density at radius 1 is 1.31 bits per heavy atom. The highest BCUT2D eigenvalue weighted by Crippen LogP contribution is 2.39. The molecule has 0 unspecified atom stereocenters. The number of carbonyl (C=O) groups excluding carboxylic acids is 1. The third kappa shape index (κ3) is 2.92. The molecule has 1 saturated carbocycles. The van der Waals surface area contributed by atoms with Crippen LogP contribution < -0.4 is 10.7 Å². The Bertz CT molecular complexity index is 938. The molecule has 140 valence electrons. The minimum atomic E-state index is -1.58. The van der Waals surface area contributed by atoms with Crippen molar-refractivity contribution >= 4 is 22.6 Å². The van der Waals surface area contributed by atoms with E-state index in [9.17, 15) is 22.8 Å². The molecule has 6 nitrogen and oxygen atoms in total. The number of carbonyl (C=O) groups is 1. The molecule has 0 amide bonds. The van der Waals surface area contributed by atoms with Crippen molar-refractivity contribution in [1.29, 1.82) is 0 Å².